The molecular formula is C17H16FN3OS. The van der Waals surface area contributed by atoms with Crippen LogP contribution in [0.1, 0.15) is 18.5 Å². The molecule has 4 nitrogen and oxygen atoms in total. The number of anilines is 1. The molecule has 1 heterocycles. The average Bonchev–Trinajstić information content (AvgIpc) is 2.96. The van der Waals surface area contributed by atoms with Gasteiger partial charge in [-0.1, -0.05) is 35.6 Å². The van der Waals surface area contributed by atoms with Gasteiger partial charge in [-0.15, -0.1) is 0 Å². The highest BCUT2D eigenvalue weighted by Gasteiger charge is 2.18. The van der Waals surface area contributed by atoms with Crippen LogP contribution >= 0.6 is 11.3 Å². The smallest absolute Gasteiger partial charge is 0.321 e. The Kier molecular flexibility index (Phi) is 4.25. The number of carbonyl (C=O) groups excluding carboxylic acids is 1. The number of halogens is 1. The van der Waals surface area contributed by atoms with Gasteiger partial charge >= 0.3 is 6.03 Å². The molecule has 3 aromatic rings. The normalized spacial score (nSPS) is 12.1. The first-order valence-corrected chi connectivity index (χ1v) is 8.01. The third kappa shape index (κ3) is 3.32. The van der Waals surface area contributed by atoms with Crippen LogP contribution < -0.4 is 5.32 Å². The number of rotatable bonds is 3. The lowest BCUT2D eigenvalue weighted by atomic mass is 10.1. The summed E-state index contributed by atoms with van der Waals surface area (Å²) < 4.78 is 14.0. The van der Waals surface area contributed by atoms with Crippen molar-refractivity contribution in [3.63, 3.8) is 0 Å². The summed E-state index contributed by atoms with van der Waals surface area (Å²) in [5.41, 5.74) is 1.73. The van der Waals surface area contributed by atoms with E-state index in [2.05, 4.69) is 10.3 Å². The number of hydrogen-bond donors (Lipinski definition) is 1. The largest absolute Gasteiger partial charge is 0.323 e. The van der Waals surface area contributed by atoms with Crippen molar-refractivity contribution < 1.29 is 9.18 Å². The van der Waals surface area contributed by atoms with Gasteiger partial charge in [-0.05, 0) is 36.8 Å². The van der Waals surface area contributed by atoms with Crippen LogP contribution in [0.15, 0.2) is 48.5 Å². The standard InChI is InChI=1S/C17H16FN3OS/c1-11(12-7-9-13(18)10-8-12)21(2)17(22)20-16-19-14-5-3-4-6-15(14)23-16/h3-11H,1-2H3,(H,19,20,22). The molecule has 0 saturated carbocycles. The minimum absolute atomic E-state index is 0.176. The fourth-order valence-electron chi connectivity index (χ4n) is 2.25. The quantitative estimate of drug-likeness (QED) is 0.759. The van der Waals surface area contributed by atoms with E-state index in [0.717, 1.165) is 15.8 Å². The minimum Gasteiger partial charge on any atom is -0.321 e. The van der Waals surface area contributed by atoms with E-state index >= 15 is 0 Å². The Morgan fingerprint density at radius 1 is 1.22 bits per heavy atom. The summed E-state index contributed by atoms with van der Waals surface area (Å²) in [4.78, 5) is 18.3. The lowest BCUT2D eigenvalue weighted by Gasteiger charge is -2.25. The van der Waals surface area contributed by atoms with Crippen molar-refractivity contribution in [1.82, 2.24) is 9.88 Å². The number of fused-ring (bicyclic) bond motifs is 1. The second kappa shape index (κ2) is 6.34. The van der Waals surface area contributed by atoms with Crippen LogP contribution in [0.5, 0.6) is 0 Å². The molecule has 1 unspecified atom stereocenters. The van der Waals surface area contributed by atoms with Crippen LogP contribution in [0.2, 0.25) is 0 Å². The molecule has 0 saturated heterocycles. The molecular weight excluding hydrogens is 313 g/mol. The van der Waals surface area contributed by atoms with E-state index in [1.54, 1.807) is 24.1 Å². The highest BCUT2D eigenvalue weighted by molar-refractivity contribution is 7.22. The van der Waals surface area contributed by atoms with Crippen molar-refractivity contribution in [3.8, 4) is 0 Å². The summed E-state index contributed by atoms with van der Waals surface area (Å²) in [6.07, 6.45) is 0. The first kappa shape index (κ1) is 15.4. The van der Waals surface area contributed by atoms with Gasteiger partial charge in [0.25, 0.3) is 0 Å². The van der Waals surface area contributed by atoms with Gasteiger partial charge in [0, 0.05) is 7.05 Å². The number of hydrogen-bond acceptors (Lipinski definition) is 3. The molecule has 1 aromatic heterocycles. The summed E-state index contributed by atoms with van der Waals surface area (Å²) in [7, 11) is 1.71. The van der Waals surface area contributed by atoms with E-state index in [4.69, 9.17) is 0 Å². The summed E-state index contributed by atoms with van der Waals surface area (Å²) in [5.74, 6) is -0.289. The average molecular weight is 329 g/mol. The van der Waals surface area contributed by atoms with Gasteiger partial charge in [0.1, 0.15) is 5.82 Å². The number of aromatic nitrogens is 1. The zero-order valence-electron chi connectivity index (χ0n) is 12.8. The maximum atomic E-state index is 13.0. The van der Waals surface area contributed by atoms with Gasteiger partial charge < -0.3 is 4.90 Å². The van der Waals surface area contributed by atoms with Crippen LogP contribution in [0.3, 0.4) is 0 Å². The molecule has 1 atom stereocenters. The number of benzene rings is 2. The van der Waals surface area contributed by atoms with Gasteiger partial charge in [0.2, 0.25) is 0 Å². The topological polar surface area (TPSA) is 45.2 Å². The molecule has 0 radical (unpaired) electrons. The predicted molar refractivity (Wildman–Crippen MR) is 91.2 cm³/mol. The molecule has 0 aliphatic rings. The second-order valence-corrected chi connectivity index (χ2v) is 6.29. The van der Waals surface area contributed by atoms with Gasteiger partial charge in [0.15, 0.2) is 5.13 Å². The van der Waals surface area contributed by atoms with E-state index in [1.807, 2.05) is 31.2 Å². The Morgan fingerprint density at radius 3 is 2.61 bits per heavy atom. The Balaban J connectivity index is 1.72. The molecule has 0 bridgehead atoms. The molecule has 23 heavy (non-hydrogen) atoms. The van der Waals surface area contributed by atoms with Gasteiger partial charge in [0.05, 0.1) is 16.3 Å². The summed E-state index contributed by atoms with van der Waals surface area (Å²) in [6.45, 7) is 1.89. The van der Waals surface area contributed by atoms with Crippen molar-refractivity contribution in [2.75, 3.05) is 12.4 Å². The van der Waals surface area contributed by atoms with Gasteiger partial charge in [-0.25, -0.2) is 14.2 Å². The molecule has 118 valence electrons. The number of amides is 2. The van der Waals surface area contributed by atoms with E-state index < -0.39 is 0 Å². The monoisotopic (exact) mass is 329 g/mol. The van der Waals surface area contributed by atoms with Crippen molar-refractivity contribution >= 4 is 32.7 Å². The summed E-state index contributed by atoms with van der Waals surface area (Å²) >= 11 is 1.43. The third-order valence-corrected chi connectivity index (χ3v) is 4.71. The third-order valence-electron chi connectivity index (χ3n) is 3.76. The molecule has 2 aromatic carbocycles. The summed E-state index contributed by atoms with van der Waals surface area (Å²) in [6, 6.07) is 13.5. The first-order valence-electron chi connectivity index (χ1n) is 7.19. The molecule has 1 N–H and O–H groups in total. The number of urea groups is 1. The summed E-state index contributed by atoms with van der Waals surface area (Å²) in [5, 5.41) is 3.38. The Morgan fingerprint density at radius 2 is 1.91 bits per heavy atom. The highest BCUT2D eigenvalue weighted by Crippen LogP contribution is 2.26. The van der Waals surface area contributed by atoms with Crippen LogP contribution in [0.25, 0.3) is 10.2 Å². The van der Waals surface area contributed by atoms with Crippen LogP contribution in [0.4, 0.5) is 14.3 Å². The van der Waals surface area contributed by atoms with Crippen molar-refractivity contribution in [2.24, 2.45) is 0 Å². The zero-order chi connectivity index (χ0) is 16.4. The van der Waals surface area contributed by atoms with Gasteiger partial charge in [-0.3, -0.25) is 5.32 Å². The van der Waals surface area contributed by atoms with Crippen molar-refractivity contribution in [1.29, 1.82) is 0 Å². The Labute approximate surface area is 137 Å². The number of nitrogens with zero attached hydrogens (tertiary/aromatic N) is 2. The lowest BCUT2D eigenvalue weighted by Crippen LogP contribution is -2.33. The predicted octanol–water partition coefficient (Wildman–Crippen LogP) is 4.66. The van der Waals surface area contributed by atoms with Crippen LogP contribution in [-0.4, -0.2) is 23.0 Å². The van der Waals surface area contributed by atoms with Crippen molar-refractivity contribution in [2.45, 2.75) is 13.0 Å². The number of para-hydroxylation sites is 1. The lowest BCUT2D eigenvalue weighted by molar-refractivity contribution is 0.208. The molecule has 3 rings (SSSR count). The second-order valence-electron chi connectivity index (χ2n) is 5.26. The maximum Gasteiger partial charge on any atom is 0.323 e. The number of carbonyl (C=O) groups is 1. The fraction of sp³-hybridized carbons (Fsp3) is 0.176. The fourth-order valence-corrected chi connectivity index (χ4v) is 3.10. The SMILES string of the molecule is CC(c1ccc(F)cc1)N(C)C(=O)Nc1nc2ccccc2s1. The highest BCUT2D eigenvalue weighted by atomic mass is 32.1. The number of thiazole rings is 1. The first-order chi connectivity index (χ1) is 11.0. The van der Waals surface area contributed by atoms with E-state index in [1.165, 1.54) is 23.5 Å². The molecule has 0 aliphatic carbocycles. The van der Waals surface area contributed by atoms with Crippen molar-refractivity contribution in [3.05, 3.63) is 59.9 Å². The molecule has 0 fully saturated rings. The van der Waals surface area contributed by atoms with E-state index in [-0.39, 0.29) is 17.9 Å². The Bertz CT molecular complexity index is 798. The number of nitrogens with one attached hydrogen (secondary N) is 1. The maximum absolute atomic E-state index is 13.0. The van der Waals surface area contributed by atoms with E-state index in [0.29, 0.717) is 5.13 Å². The molecule has 2 amide bonds. The van der Waals surface area contributed by atoms with Crippen LogP contribution in [-0.2, 0) is 0 Å². The van der Waals surface area contributed by atoms with E-state index in [9.17, 15) is 9.18 Å². The molecule has 0 spiro atoms. The molecule has 6 heteroatoms. The minimum atomic E-state index is -0.289. The zero-order valence-corrected chi connectivity index (χ0v) is 13.6. The Hall–Kier alpha value is -2.47. The van der Waals surface area contributed by atoms with Gasteiger partial charge in [-0.2, -0.15) is 0 Å². The van der Waals surface area contributed by atoms with Crippen LogP contribution in [0, 0.1) is 5.82 Å². The molecule has 0 aliphatic heterocycles.